The molecule has 0 spiro atoms. The summed E-state index contributed by atoms with van der Waals surface area (Å²) < 4.78 is 8.10. The van der Waals surface area contributed by atoms with Gasteiger partial charge >= 0.3 is 0 Å². The van der Waals surface area contributed by atoms with Crippen LogP contribution in [0.1, 0.15) is 33.7 Å². The van der Waals surface area contributed by atoms with Crippen LogP contribution in [0.4, 0.5) is 0 Å². The number of hydrogen-bond donors (Lipinski definition) is 0. The average Bonchev–Trinajstić information content (AvgIpc) is 2.85. The van der Waals surface area contributed by atoms with Crippen molar-refractivity contribution in [3.63, 3.8) is 0 Å². The van der Waals surface area contributed by atoms with E-state index >= 15 is 0 Å². The Bertz CT molecular complexity index is 773. The highest BCUT2D eigenvalue weighted by molar-refractivity contribution is 5.92. The van der Waals surface area contributed by atoms with Gasteiger partial charge in [0.05, 0.1) is 11.6 Å². The SMILES string of the molecule is CC(C)Oc1nc2c(-c3ccccc3)cccc2n1C(C)C. The Morgan fingerprint density at radius 2 is 1.64 bits per heavy atom. The van der Waals surface area contributed by atoms with Crippen molar-refractivity contribution in [2.24, 2.45) is 0 Å². The smallest absolute Gasteiger partial charge is 0.297 e. The molecule has 0 saturated heterocycles. The summed E-state index contributed by atoms with van der Waals surface area (Å²) in [5, 5.41) is 0. The molecule has 114 valence electrons. The van der Waals surface area contributed by atoms with Crippen molar-refractivity contribution in [1.82, 2.24) is 9.55 Å². The predicted molar refractivity (Wildman–Crippen MR) is 91.3 cm³/mol. The first-order valence-corrected chi connectivity index (χ1v) is 7.81. The fraction of sp³-hybridized carbons (Fsp3) is 0.316. The Hall–Kier alpha value is -2.29. The summed E-state index contributed by atoms with van der Waals surface area (Å²) in [6, 6.07) is 17.7. The van der Waals surface area contributed by atoms with Crippen LogP contribution in [-0.4, -0.2) is 15.7 Å². The minimum atomic E-state index is 0.106. The van der Waals surface area contributed by atoms with Gasteiger partial charge in [-0.3, -0.25) is 4.57 Å². The summed E-state index contributed by atoms with van der Waals surface area (Å²) in [5.41, 5.74) is 4.44. The summed E-state index contributed by atoms with van der Waals surface area (Å²) in [4.78, 5) is 4.79. The molecule has 3 rings (SSSR count). The maximum Gasteiger partial charge on any atom is 0.297 e. The fourth-order valence-corrected chi connectivity index (χ4v) is 2.74. The van der Waals surface area contributed by atoms with E-state index in [9.17, 15) is 0 Å². The van der Waals surface area contributed by atoms with E-state index in [2.05, 4.69) is 60.9 Å². The number of benzene rings is 2. The topological polar surface area (TPSA) is 27.1 Å². The molecule has 0 atom stereocenters. The molecule has 2 aromatic carbocycles. The normalized spacial score (nSPS) is 11.5. The highest BCUT2D eigenvalue weighted by Gasteiger charge is 2.18. The van der Waals surface area contributed by atoms with Crippen LogP contribution in [0.3, 0.4) is 0 Å². The van der Waals surface area contributed by atoms with Gasteiger partial charge in [0.2, 0.25) is 0 Å². The molecular weight excluding hydrogens is 272 g/mol. The number of ether oxygens (including phenoxy) is 1. The molecule has 0 fully saturated rings. The summed E-state index contributed by atoms with van der Waals surface area (Å²) in [6.07, 6.45) is 0.106. The number of para-hydroxylation sites is 1. The van der Waals surface area contributed by atoms with E-state index < -0.39 is 0 Å². The van der Waals surface area contributed by atoms with Crippen LogP contribution in [0.25, 0.3) is 22.2 Å². The molecule has 0 N–H and O–H groups in total. The van der Waals surface area contributed by atoms with Gasteiger partial charge in [0, 0.05) is 11.6 Å². The quantitative estimate of drug-likeness (QED) is 0.671. The number of fused-ring (bicyclic) bond motifs is 1. The van der Waals surface area contributed by atoms with Gasteiger partial charge in [-0.05, 0) is 39.3 Å². The molecule has 0 unspecified atom stereocenters. The molecule has 1 heterocycles. The van der Waals surface area contributed by atoms with E-state index in [0.29, 0.717) is 12.1 Å². The molecular formula is C19H22N2O. The third-order valence-corrected chi connectivity index (χ3v) is 3.63. The lowest BCUT2D eigenvalue weighted by Crippen LogP contribution is -2.12. The largest absolute Gasteiger partial charge is 0.462 e. The van der Waals surface area contributed by atoms with Gasteiger partial charge < -0.3 is 4.74 Å². The van der Waals surface area contributed by atoms with Crippen molar-refractivity contribution < 1.29 is 4.74 Å². The maximum atomic E-state index is 5.93. The van der Waals surface area contributed by atoms with Gasteiger partial charge in [0.1, 0.15) is 5.52 Å². The fourth-order valence-electron chi connectivity index (χ4n) is 2.74. The number of aromatic nitrogens is 2. The van der Waals surface area contributed by atoms with Gasteiger partial charge in [-0.2, -0.15) is 4.98 Å². The van der Waals surface area contributed by atoms with Crippen LogP contribution in [0.15, 0.2) is 48.5 Å². The second-order valence-electron chi connectivity index (χ2n) is 6.06. The third kappa shape index (κ3) is 2.59. The lowest BCUT2D eigenvalue weighted by molar-refractivity contribution is 0.210. The van der Waals surface area contributed by atoms with Crippen LogP contribution in [-0.2, 0) is 0 Å². The van der Waals surface area contributed by atoms with Crippen LogP contribution < -0.4 is 4.74 Å². The second kappa shape index (κ2) is 5.84. The van der Waals surface area contributed by atoms with Crippen molar-refractivity contribution in [2.45, 2.75) is 39.8 Å². The lowest BCUT2D eigenvalue weighted by atomic mass is 10.0. The molecule has 0 radical (unpaired) electrons. The molecule has 3 aromatic rings. The van der Waals surface area contributed by atoms with Gasteiger partial charge in [0.25, 0.3) is 6.01 Å². The zero-order chi connectivity index (χ0) is 15.7. The van der Waals surface area contributed by atoms with Gasteiger partial charge in [-0.25, -0.2) is 0 Å². The van der Waals surface area contributed by atoms with E-state index in [1.807, 2.05) is 19.9 Å². The molecule has 3 nitrogen and oxygen atoms in total. The zero-order valence-corrected chi connectivity index (χ0v) is 13.6. The van der Waals surface area contributed by atoms with Crippen molar-refractivity contribution in [1.29, 1.82) is 0 Å². The van der Waals surface area contributed by atoms with Crippen molar-refractivity contribution in [3.05, 3.63) is 48.5 Å². The van der Waals surface area contributed by atoms with E-state index in [-0.39, 0.29) is 6.10 Å². The lowest BCUT2D eigenvalue weighted by Gasteiger charge is -2.15. The molecule has 0 aliphatic rings. The molecule has 0 aliphatic heterocycles. The summed E-state index contributed by atoms with van der Waals surface area (Å²) in [6.45, 7) is 8.37. The van der Waals surface area contributed by atoms with Crippen LogP contribution in [0.5, 0.6) is 6.01 Å². The number of hydrogen-bond acceptors (Lipinski definition) is 2. The van der Waals surface area contributed by atoms with Crippen molar-refractivity contribution in [3.8, 4) is 17.1 Å². The molecule has 1 aromatic heterocycles. The Kier molecular flexibility index (Phi) is 3.88. The molecule has 0 aliphatic carbocycles. The molecule has 3 heteroatoms. The highest BCUT2D eigenvalue weighted by Crippen LogP contribution is 2.33. The Balaban J connectivity index is 2.25. The first-order chi connectivity index (χ1) is 10.6. The number of nitrogens with zero attached hydrogens (tertiary/aromatic N) is 2. The molecule has 0 saturated carbocycles. The predicted octanol–water partition coefficient (Wildman–Crippen LogP) is 5.07. The summed E-state index contributed by atoms with van der Waals surface area (Å²) in [7, 11) is 0. The maximum absolute atomic E-state index is 5.93. The van der Waals surface area contributed by atoms with Gasteiger partial charge in [-0.1, -0.05) is 42.5 Å². The minimum absolute atomic E-state index is 0.106. The average molecular weight is 294 g/mol. The standard InChI is InChI=1S/C19H22N2O/c1-13(2)21-17-12-8-11-16(15-9-6-5-7-10-15)18(17)20-19(21)22-14(3)4/h5-14H,1-4H3. The van der Waals surface area contributed by atoms with Crippen LogP contribution in [0.2, 0.25) is 0 Å². The van der Waals surface area contributed by atoms with E-state index in [4.69, 9.17) is 9.72 Å². The summed E-state index contributed by atoms with van der Waals surface area (Å²) in [5.74, 6) is 0. The summed E-state index contributed by atoms with van der Waals surface area (Å²) >= 11 is 0. The molecule has 0 bridgehead atoms. The van der Waals surface area contributed by atoms with Gasteiger partial charge in [0.15, 0.2) is 0 Å². The first-order valence-electron chi connectivity index (χ1n) is 7.81. The Morgan fingerprint density at radius 1 is 0.909 bits per heavy atom. The molecule has 22 heavy (non-hydrogen) atoms. The number of imidazole rings is 1. The van der Waals surface area contributed by atoms with E-state index in [0.717, 1.165) is 16.6 Å². The Morgan fingerprint density at radius 3 is 2.27 bits per heavy atom. The van der Waals surface area contributed by atoms with Gasteiger partial charge in [-0.15, -0.1) is 0 Å². The van der Waals surface area contributed by atoms with Crippen LogP contribution in [0, 0.1) is 0 Å². The number of rotatable bonds is 4. The Labute approximate surface area is 131 Å². The highest BCUT2D eigenvalue weighted by atomic mass is 16.5. The first kappa shape index (κ1) is 14.6. The monoisotopic (exact) mass is 294 g/mol. The van der Waals surface area contributed by atoms with Crippen molar-refractivity contribution in [2.75, 3.05) is 0 Å². The van der Waals surface area contributed by atoms with E-state index in [1.165, 1.54) is 5.56 Å². The zero-order valence-electron chi connectivity index (χ0n) is 13.6. The van der Waals surface area contributed by atoms with E-state index in [1.54, 1.807) is 0 Å². The second-order valence-corrected chi connectivity index (χ2v) is 6.06. The third-order valence-electron chi connectivity index (χ3n) is 3.63. The van der Waals surface area contributed by atoms with Crippen LogP contribution >= 0.6 is 0 Å². The minimum Gasteiger partial charge on any atom is -0.462 e. The van der Waals surface area contributed by atoms with Crippen molar-refractivity contribution >= 4 is 11.0 Å². The molecule has 0 amide bonds.